The van der Waals surface area contributed by atoms with Gasteiger partial charge in [-0.05, 0) is 39.4 Å². The predicted molar refractivity (Wildman–Crippen MR) is 53.3 cm³/mol. The Balaban J connectivity index is 3.41. The summed E-state index contributed by atoms with van der Waals surface area (Å²) >= 11 is 1.68. The van der Waals surface area contributed by atoms with E-state index in [2.05, 4.69) is 4.98 Å². The van der Waals surface area contributed by atoms with Crippen LogP contribution in [-0.2, 0) is 0 Å². The predicted octanol–water partition coefficient (Wildman–Crippen LogP) is 2.84. The summed E-state index contributed by atoms with van der Waals surface area (Å²) in [6.45, 7) is 1.27. The molecule has 0 aliphatic carbocycles. The molecular formula is C7H5F2IN2O2. The highest BCUT2D eigenvalue weighted by Gasteiger charge is 2.23. The second-order valence-corrected chi connectivity index (χ2v) is 3.69. The van der Waals surface area contributed by atoms with Crippen LogP contribution in [0.15, 0.2) is 6.20 Å². The number of alkyl halides is 2. The van der Waals surface area contributed by atoms with Crippen molar-refractivity contribution in [2.75, 3.05) is 0 Å². The van der Waals surface area contributed by atoms with Gasteiger partial charge in [-0.3, -0.25) is 0 Å². The van der Waals surface area contributed by atoms with E-state index in [-0.39, 0.29) is 14.7 Å². The molecule has 0 atom stereocenters. The molecule has 1 rings (SSSR count). The molecule has 76 valence electrons. The van der Waals surface area contributed by atoms with Crippen LogP contribution >= 0.6 is 22.6 Å². The Morgan fingerprint density at radius 1 is 1.64 bits per heavy atom. The van der Waals surface area contributed by atoms with Crippen LogP contribution in [0.2, 0.25) is 0 Å². The molecule has 0 radical (unpaired) electrons. The minimum atomic E-state index is -2.72. The zero-order valence-electron chi connectivity index (χ0n) is 7.00. The molecule has 1 heterocycles. The average Bonchev–Trinajstić information content (AvgIpc) is 2.02. The first kappa shape index (κ1) is 11.2. The number of halogens is 3. The third kappa shape index (κ3) is 1.97. The van der Waals surface area contributed by atoms with E-state index in [9.17, 15) is 18.9 Å². The topological polar surface area (TPSA) is 56.0 Å². The largest absolute Gasteiger partial charge is 0.366 e. The van der Waals surface area contributed by atoms with Crippen LogP contribution < -0.4 is 0 Å². The highest BCUT2D eigenvalue weighted by Crippen LogP contribution is 2.31. The Kier molecular flexibility index (Phi) is 3.29. The van der Waals surface area contributed by atoms with Crippen LogP contribution in [0.5, 0.6) is 0 Å². The van der Waals surface area contributed by atoms with Crippen LogP contribution in [0.4, 0.5) is 14.6 Å². The minimum Gasteiger partial charge on any atom is -0.358 e. The van der Waals surface area contributed by atoms with Crippen molar-refractivity contribution in [3.63, 3.8) is 0 Å². The highest BCUT2D eigenvalue weighted by molar-refractivity contribution is 14.1. The normalized spacial score (nSPS) is 10.6. The van der Waals surface area contributed by atoms with Crippen molar-refractivity contribution >= 4 is 28.4 Å². The number of hydrogen-bond donors (Lipinski definition) is 0. The van der Waals surface area contributed by atoms with E-state index in [0.29, 0.717) is 0 Å². The van der Waals surface area contributed by atoms with Gasteiger partial charge >= 0.3 is 5.82 Å². The summed E-state index contributed by atoms with van der Waals surface area (Å²) in [7, 11) is 0. The maximum absolute atomic E-state index is 12.5. The molecular weight excluding hydrogens is 309 g/mol. The van der Waals surface area contributed by atoms with Crippen molar-refractivity contribution in [1.82, 2.24) is 4.98 Å². The second kappa shape index (κ2) is 4.11. The number of nitro groups is 1. The first-order chi connectivity index (χ1) is 6.45. The van der Waals surface area contributed by atoms with Gasteiger partial charge in [-0.2, -0.15) is 0 Å². The quantitative estimate of drug-likeness (QED) is 0.479. The lowest BCUT2D eigenvalue weighted by molar-refractivity contribution is -0.390. The smallest absolute Gasteiger partial charge is 0.358 e. The Morgan fingerprint density at radius 2 is 2.21 bits per heavy atom. The Bertz CT molecular complexity index is 384. The van der Waals surface area contributed by atoms with E-state index in [0.717, 1.165) is 6.20 Å². The summed E-state index contributed by atoms with van der Waals surface area (Å²) in [4.78, 5) is 13.1. The fourth-order valence-corrected chi connectivity index (χ4v) is 1.81. The lowest BCUT2D eigenvalue weighted by atomic mass is 10.1. The van der Waals surface area contributed by atoms with Crippen molar-refractivity contribution in [1.29, 1.82) is 0 Å². The van der Waals surface area contributed by atoms with Crippen LogP contribution in [0.3, 0.4) is 0 Å². The van der Waals surface area contributed by atoms with Crippen molar-refractivity contribution in [2.45, 2.75) is 13.3 Å². The zero-order chi connectivity index (χ0) is 10.9. The molecule has 0 fully saturated rings. The number of rotatable bonds is 2. The fourth-order valence-electron chi connectivity index (χ4n) is 1.04. The number of hydrogen-bond acceptors (Lipinski definition) is 3. The van der Waals surface area contributed by atoms with E-state index in [1.54, 1.807) is 22.6 Å². The maximum atomic E-state index is 12.5. The molecule has 0 aliphatic heterocycles. The second-order valence-electron chi connectivity index (χ2n) is 2.53. The number of aromatic nitrogens is 1. The van der Waals surface area contributed by atoms with Crippen LogP contribution in [0.1, 0.15) is 17.6 Å². The standard InChI is InChI=1S/C7H5F2IN2O2/c1-3-5(6(8)9)4(10)2-11-7(3)12(13)14/h2,6H,1H3. The molecule has 0 saturated carbocycles. The van der Waals surface area contributed by atoms with Crippen molar-refractivity contribution in [3.05, 3.63) is 31.0 Å². The molecule has 4 nitrogen and oxygen atoms in total. The van der Waals surface area contributed by atoms with Gasteiger partial charge < -0.3 is 10.1 Å². The summed E-state index contributed by atoms with van der Waals surface area (Å²) in [6.07, 6.45) is -1.64. The fraction of sp³-hybridized carbons (Fsp3) is 0.286. The third-order valence-electron chi connectivity index (χ3n) is 1.69. The maximum Gasteiger partial charge on any atom is 0.366 e. The minimum absolute atomic E-state index is 0.0723. The van der Waals surface area contributed by atoms with E-state index in [4.69, 9.17) is 0 Å². The molecule has 0 amide bonds. The molecule has 0 aromatic carbocycles. The van der Waals surface area contributed by atoms with Gasteiger partial charge in [-0.25, -0.2) is 8.78 Å². The van der Waals surface area contributed by atoms with Crippen LogP contribution in [0, 0.1) is 20.6 Å². The van der Waals surface area contributed by atoms with Gasteiger partial charge in [-0.15, -0.1) is 0 Å². The average molecular weight is 314 g/mol. The molecule has 0 N–H and O–H groups in total. The lowest BCUT2D eigenvalue weighted by Gasteiger charge is -2.05. The first-order valence-electron chi connectivity index (χ1n) is 3.52. The molecule has 14 heavy (non-hydrogen) atoms. The molecule has 1 aromatic rings. The SMILES string of the molecule is Cc1c([N+](=O)[O-])ncc(I)c1C(F)F. The number of pyridine rings is 1. The zero-order valence-corrected chi connectivity index (χ0v) is 9.16. The highest BCUT2D eigenvalue weighted by atomic mass is 127. The summed E-state index contributed by atoms with van der Waals surface area (Å²) in [5.41, 5.74) is -0.385. The molecule has 0 aliphatic rings. The first-order valence-corrected chi connectivity index (χ1v) is 4.60. The van der Waals surface area contributed by atoms with Crippen molar-refractivity contribution in [2.24, 2.45) is 0 Å². The molecule has 0 bridgehead atoms. The molecule has 0 saturated heterocycles. The van der Waals surface area contributed by atoms with Gasteiger partial charge in [0.05, 0.1) is 9.13 Å². The Labute approximate surface area is 91.6 Å². The van der Waals surface area contributed by atoms with E-state index in [1.165, 1.54) is 6.92 Å². The van der Waals surface area contributed by atoms with E-state index < -0.39 is 17.2 Å². The molecule has 0 spiro atoms. The van der Waals surface area contributed by atoms with Gasteiger partial charge in [-0.1, -0.05) is 0 Å². The van der Waals surface area contributed by atoms with E-state index >= 15 is 0 Å². The van der Waals surface area contributed by atoms with Gasteiger partial charge in [0.15, 0.2) is 6.20 Å². The summed E-state index contributed by atoms with van der Waals surface area (Å²) in [5, 5.41) is 10.4. The van der Waals surface area contributed by atoms with Crippen LogP contribution in [-0.4, -0.2) is 9.91 Å². The van der Waals surface area contributed by atoms with Crippen molar-refractivity contribution in [3.8, 4) is 0 Å². The van der Waals surface area contributed by atoms with Crippen LogP contribution in [0.25, 0.3) is 0 Å². The number of nitrogens with zero attached hydrogens (tertiary/aromatic N) is 2. The summed E-state index contributed by atoms with van der Waals surface area (Å²) in [6, 6.07) is 0. The van der Waals surface area contributed by atoms with Gasteiger partial charge in [0.2, 0.25) is 0 Å². The van der Waals surface area contributed by atoms with Gasteiger partial charge in [0, 0.05) is 5.56 Å². The van der Waals surface area contributed by atoms with Gasteiger partial charge in [0.25, 0.3) is 6.43 Å². The molecule has 0 unspecified atom stereocenters. The Morgan fingerprint density at radius 3 is 2.64 bits per heavy atom. The van der Waals surface area contributed by atoms with Crippen molar-refractivity contribution < 1.29 is 13.7 Å². The lowest BCUT2D eigenvalue weighted by Crippen LogP contribution is -2.02. The summed E-state index contributed by atoms with van der Waals surface area (Å²) in [5.74, 6) is -0.513. The summed E-state index contributed by atoms with van der Waals surface area (Å²) < 4.78 is 25.2. The molecule has 1 aromatic heterocycles. The Hall–Kier alpha value is -0.860. The monoisotopic (exact) mass is 314 g/mol. The third-order valence-corrected chi connectivity index (χ3v) is 2.55. The van der Waals surface area contributed by atoms with Gasteiger partial charge in [0.1, 0.15) is 0 Å². The molecule has 7 heteroatoms. The van der Waals surface area contributed by atoms with E-state index in [1.807, 2.05) is 0 Å².